The molecule has 5 heteroatoms. The van der Waals surface area contributed by atoms with E-state index in [1.165, 1.54) is 4.88 Å². The summed E-state index contributed by atoms with van der Waals surface area (Å²) in [5.41, 5.74) is 2.00. The number of aromatic nitrogens is 2. The predicted octanol–water partition coefficient (Wildman–Crippen LogP) is 3.81. The lowest BCUT2D eigenvalue weighted by Crippen LogP contribution is -2.21. The van der Waals surface area contributed by atoms with Gasteiger partial charge in [0.15, 0.2) is 5.82 Å². The molecule has 0 aliphatic heterocycles. The molecule has 20 heavy (non-hydrogen) atoms. The number of halogens is 1. The average molecular weight is 306 g/mol. The molecule has 0 saturated heterocycles. The summed E-state index contributed by atoms with van der Waals surface area (Å²) in [6.07, 6.45) is 3.04. The maximum absolute atomic E-state index is 6.11. The standard InChI is InChI=1S/C15H16ClN3S/c1-18(9-7-12-5-4-10-20-12)15-13(11-16)19-8-3-2-6-14(19)17-15/h2-6,8,10H,7,9,11H2,1H3. The quantitative estimate of drug-likeness (QED) is 0.668. The van der Waals surface area contributed by atoms with E-state index in [1.54, 1.807) is 11.3 Å². The van der Waals surface area contributed by atoms with Crippen molar-refractivity contribution in [3.8, 4) is 0 Å². The highest BCUT2D eigenvalue weighted by Gasteiger charge is 2.14. The maximum Gasteiger partial charge on any atom is 0.152 e. The lowest BCUT2D eigenvalue weighted by Gasteiger charge is -2.17. The Labute approximate surface area is 127 Å². The van der Waals surface area contributed by atoms with Crippen LogP contribution in [0.5, 0.6) is 0 Å². The van der Waals surface area contributed by atoms with Gasteiger partial charge >= 0.3 is 0 Å². The van der Waals surface area contributed by atoms with Gasteiger partial charge in [-0.3, -0.25) is 0 Å². The minimum atomic E-state index is 0.462. The molecule has 0 saturated carbocycles. The third-order valence-corrected chi connectivity index (χ3v) is 4.56. The van der Waals surface area contributed by atoms with E-state index in [0.29, 0.717) is 5.88 Å². The van der Waals surface area contributed by atoms with Crippen LogP contribution in [0.1, 0.15) is 10.6 Å². The van der Waals surface area contributed by atoms with Crippen molar-refractivity contribution < 1.29 is 0 Å². The predicted molar refractivity (Wildman–Crippen MR) is 86.0 cm³/mol. The first-order valence-corrected chi connectivity index (χ1v) is 7.96. The molecule has 3 nitrogen and oxygen atoms in total. The number of thiophene rings is 1. The van der Waals surface area contributed by atoms with Crippen LogP contribution in [-0.4, -0.2) is 23.0 Å². The number of fused-ring (bicyclic) bond motifs is 1. The van der Waals surface area contributed by atoms with Crippen molar-refractivity contribution in [3.05, 3.63) is 52.5 Å². The maximum atomic E-state index is 6.11. The fraction of sp³-hybridized carbons (Fsp3) is 0.267. The minimum Gasteiger partial charge on any atom is -0.358 e. The van der Waals surface area contributed by atoms with Crippen molar-refractivity contribution in [3.63, 3.8) is 0 Å². The van der Waals surface area contributed by atoms with E-state index >= 15 is 0 Å². The summed E-state index contributed by atoms with van der Waals surface area (Å²) in [6, 6.07) is 10.3. The van der Waals surface area contributed by atoms with E-state index < -0.39 is 0 Å². The van der Waals surface area contributed by atoms with Crippen molar-refractivity contribution >= 4 is 34.4 Å². The first kappa shape index (κ1) is 13.5. The molecule has 0 radical (unpaired) electrons. The molecule has 104 valence electrons. The zero-order chi connectivity index (χ0) is 13.9. The molecule has 3 rings (SSSR count). The van der Waals surface area contributed by atoms with E-state index in [2.05, 4.69) is 33.9 Å². The molecular weight excluding hydrogens is 290 g/mol. The second-order valence-electron chi connectivity index (χ2n) is 4.70. The summed E-state index contributed by atoms with van der Waals surface area (Å²) in [6.45, 7) is 0.939. The fourth-order valence-electron chi connectivity index (χ4n) is 2.30. The Morgan fingerprint density at radius 1 is 1.30 bits per heavy atom. The molecule has 3 heterocycles. The monoisotopic (exact) mass is 305 g/mol. The molecule has 0 spiro atoms. The number of anilines is 1. The largest absolute Gasteiger partial charge is 0.358 e. The molecule has 3 aromatic heterocycles. The number of nitrogens with zero attached hydrogens (tertiary/aromatic N) is 3. The van der Waals surface area contributed by atoms with E-state index in [4.69, 9.17) is 16.6 Å². The smallest absolute Gasteiger partial charge is 0.152 e. The SMILES string of the molecule is CN(CCc1cccs1)c1nc2ccccn2c1CCl. The lowest BCUT2D eigenvalue weighted by atomic mass is 10.3. The number of hydrogen-bond acceptors (Lipinski definition) is 3. The van der Waals surface area contributed by atoms with Crippen molar-refractivity contribution in [2.45, 2.75) is 12.3 Å². The summed E-state index contributed by atoms with van der Waals surface area (Å²) in [7, 11) is 2.07. The Hall–Kier alpha value is -1.52. The Morgan fingerprint density at radius 3 is 2.95 bits per heavy atom. The highest BCUT2D eigenvalue weighted by molar-refractivity contribution is 7.09. The van der Waals surface area contributed by atoms with Crippen LogP contribution in [-0.2, 0) is 12.3 Å². The van der Waals surface area contributed by atoms with E-state index in [-0.39, 0.29) is 0 Å². The van der Waals surface area contributed by atoms with Gasteiger partial charge in [-0.1, -0.05) is 12.1 Å². The molecule has 0 aliphatic carbocycles. The zero-order valence-electron chi connectivity index (χ0n) is 11.3. The first-order chi connectivity index (χ1) is 9.79. The van der Waals surface area contributed by atoms with Crippen LogP contribution < -0.4 is 4.90 Å². The van der Waals surface area contributed by atoms with Crippen LogP contribution in [0.3, 0.4) is 0 Å². The second kappa shape index (κ2) is 5.85. The van der Waals surface area contributed by atoms with Crippen molar-refractivity contribution in [1.29, 1.82) is 0 Å². The lowest BCUT2D eigenvalue weighted by molar-refractivity contribution is 0.866. The van der Waals surface area contributed by atoms with Crippen LogP contribution in [0, 0.1) is 0 Å². The normalized spacial score (nSPS) is 11.1. The van der Waals surface area contributed by atoms with Gasteiger partial charge in [-0.05, 0) is 30.0 Å². The summed E-state index contributed by atoms with van der Waals surface area (Å²) >= 11 is 7.91. The van der Waals surface area contributed by atoms with Crippen molar-refractivity contribution in [2.24, 2.45) is 0 Å². The van der Waals surface area contributed by atoms with Gasteiger partial charge in [-0.15, -0.1) is 22.9 Å². The van der Waals surface area contributed by atoms with E-state index in [9.17, 15) is 0 Å². The highest BCUT2D eigenvalue weighted by Crippen LogP contribution is 2.23. The molecule has 0 bridgehead atoms. The Kier molecular flexibility index (Phi) is 3.94. The van der Waals surface area contributed by atoms with Crippen LogP contribution in [0.4, 0.5) is 5.82 Å². The van der Waals surface area contributed by atoms with E-state index in [1.807, 2.05) is 24.4 Å². The molecule has 3 aromatic rings. The minimum absolute atomic E-state index is 0.462. The second-order valence-corrected chi connectivity index (χ2v) is 5.99. The zero-order valence-corrected chi connectivity index (χ0v) is 12.9. The van der Waals surface area contributed by atoms with Gasteiger partial charge < -0.3 is 9.30 Å². The number of hydrogen-bond donors (Lipinski definition) is 0. The number of alkyl halides is 1. The van der Waals surface area contributed by atoms with Crippen molar-refractivity contribution in [2.75, 3.05) is 18.5 Å². The molecule has 0 amide bonds. The van der Waals surface area contributed by atoms with Gasteiger partial charge in [0.05, 0.1) is 11.6 Å². The molecule has 0 aliphatic rings. The van der Waals surface area contributed by atoms with Crippen LogP contribution in [0.15, 0.2) is 41.9 Å². The number of pyridine rings is 1. The van der Waals surface area contributed by atoms with Crippen LogP contribution in [0.2, 0.25) is 0 Å². The topological polar surface area (TPSA) is 20.5 Å². The molecule has 0 aromatic carbocycles. The molecule has 0 fully saturated rings. The van der Waals surface area contributed by atoms with Crippen molar-refractivity contribution in [1.82, 2.24) is 9.38 Å². The van der Waals surface area contributed by atoms with Gasteiger partial charge in [0.25, 0.3) is 0 Å². The Morgan fingerprint density at radius 2 is 2.20 bits per heavy atom. The molecular formula is C15H16ClN3S. The first-order valence-electron chi connectivity index (χ1n) is 6.55. The Bertz CT molecular complexity index is 690. The molecule has 0 unspecified atom stereocenters. The van der Waals surface area contributed by atoms with Gasteiger partial charge in [-0.25, -0.2) is 4.98 Å². The number of likely N-dealkylation sites (N-methyl/N-ethyl adjacent to an activating group) is 1. The van der Waals surface area contributed by atoms with E-state index in [0.717, 1.165) is 30.1 Å². The van der Waals surface area contributed by atoms with Gasteiger partial charge in [0.2, 0.25) is 0 Å². The van der Waals surface area contributed by atoms with Gasteiger partial charge in [0, 0.05) is 24.7 Å². The summed E-state index contributed by atoms with van der Waals surface area (Å²) in [5.74, 6) is 1.44. The summed E-state index contributed by atoms with van der Waals surface area (Å²) < 4.78 is 2.06. The molecule has 0 atom stereocenters. The summed E-state index contributed by atoms with van der Waals surface area (Å²) in [5, 5.41) is 2.12. The highest BCUT2D eigenvalue weighted by atomic mass is 35.5. The van der Waals surface area contributed by atoms with Gasteiger partial charge in [0.1, 0.15) is 5.65 Å². The van der Waals surface area contributed by atoms with Gasteiger partial charge in [-0.2, -0.15) is 0 Å². The van der Waals surface area contributed by atoms with Crippen LogP contribution >= 0.6 is 22.9 Å². The molecule has 0 N–H and O–H groups in total. The summed E-state index contributed by atoms with van der Waals surface area (Å²) in [4.78, 5) is 8.27. The third kappa shape index (κ3) is 2.53. The van der Waals surface area contributed by atoms with Crippen LogP contribution in [0.25, 0.3) is 5.65 Å². The third-order valence-electron chi connectivity index (χ3n) is 3.37. The number of imidazole rings is 1. The number of rotatable bonds is 5. The fourth-order valence-corrected chi connectivity index (χ4v) is 3.25. The average Bonchev–Trinajstić information content (AvgIpc) is 3.11. The Balaban J connectivity index is 1.85.